The van der Waals surface area contributed by atoms with Crippen LogP contribution in [0.25, 0.3) is 28.1 Å². The zero-order valence-corrected chi connectivity index (χ0v) is 22.4. The highest BCUT2D eigenvalue weighted by molar-refractivity contribution is 7.93. The van der Waals surface area contributed by atoms with Crippen molar-refractivity contribution < 1.29 is 13.2 Å². The van der Waals surface area contributed by atoms with Gasteiger partial charge < -0.3 is 14.2 Å². The van der Waals surface area contributed by atoms with Crippen molar-refractivity contribution in [3.63, 3.8) is 0 Å². The molecule has 36 heavy (non-hydrogen) atoms. The Morgan fingerprint density at radius 1 is 1.08 bits per heavy atom. The molecular weight excluding hydrogens is 472 g/mol. The standard InChI is InChI=1S/C28H36N4O3S/c1-5-15-32(16-6-2)26-11-10-22-18-24(9-8-23(22)19-26)28-13-12-25(31(28)3)20-27(21-29)36(33,34)30-14-7-17-35-4/h8-13,18-20,30H,5-7,14-17H2,1-4H3/b27-20+. The van der Waals surface area contributed by atoms with E-state index in [1.807, 2.05) is 29.8 Å². The fraction of sp³-hybridized carbons (Fsp3) is 0.393. The number of methoxy groups -OCH3 is 1. The highest BCUT2D eigenvalue weighted by atomic mass is 32.2. The maximum atomic E-state index is 12.6. The molecule has 3 rings (SSSR count). The quantitative estimate of drug-likeness (QED) is 0.250. The van der Waals surface area contributed by atoms with Crippen LogP contribution in [0.5, 0.6) is 0 Å². The monoisotopic (exact) mass is 508 g/mol. The number of nitrogens with zero attached hydrogens (tertiary/aromatic N) is 3. The average Bonchev–Trinajstić information content (AvgIpc) is 3.24. The third-order valence-corrected chi connectivity index (χ3v) is 7.50. The summed E-state index contributed by atoms with van der Waals surface area (Å²) in [6, 6.07) is 18.5. The summed E-state index contributed by atoms with van der Waals surface area (Å²) in [5.41, 5.74) is 3.84. The molecule has 0 atom stereocenters. The summed E-state index contributed by atoms with van der Waals surface area (Å²) in [7, 11) is -0.465. The van der Waals surface area contributed by atoms with Gasteiger partial charge in [0.05, 0.1) is 0 Å². The van der Waals surface area contributed by atoms with Crippen molar-refractivity contribution in [3.8, 4) is 17.3 Å². The Morgan fingerprint density at radius 2 is 1.78 bits per heavy atom. The normalized spacial score (nSPS) is 12.1. The molecule has 1 N–H and O–H groups in total. The van der Waals surface area contributed by atoms with Crippen molar-refractivity contribution in [2.75, 3.05) is 38.3 Å². The van der Waals surface area contributed by atoms with Crippen molar-refractivity contribution in [3.05, 3.63) is 59.1 Å². The molecule has 0 unspecified atom stereocenters. The van der Waals surface area contributed by atoms with Crippen molar-refractivity contribution in [2.24, 2.45) is 7.05 Å². The van der Waals surface area contributed by atoms with Crippen LogP contribution in [-0.2, 0) is 21.8 Å². The largest absolute Gasteiger partial charge is 0.385 e. The molecule has 0 aliphatic carbocycles. The van der Waals surface area contributed by atoms with Gasteiger partial charge in [-0.1, -0.05) is 32.0 Å². The molecule has 0 saturated heterocycles. The lowest BCUT2D eigenvalue weighted by molar-refractivity contribution is 0.196. The van der Waals surface area contributed by atoms with Gasteiger partial charge in [0, 0.05) is 57.5 Å². The molecule has 0 bridgehead atoms. The SMILES string of the molecule is CCCN(CCC)c1ccc2cc(-c3ccc(/C=C(\C#N)S(=O)(=O)NCCCOC)n3C)ccc2c1. The zero-order valence-electron chi connectivity index (χ0n) is 21.6. The zero-order chi connectivity index (χ0) is 26.1. The van der Waals surface area contributed by atoms with Crippen LogP contribution >= 0.6 is 0 Å². The Labute approximate surface area is 215 Å². The molecule has 0 saturated carbocycles. The first kappa shape index (κ1) is 27.5. The summed E-state index contributed by atoms with van der Waals surface area (Å²) >= 11 is 0. The van der Waals surface area contributed by atoms with E-state index < -0.39 is 10.0 Å². The van der Waals surface area contributed by atoms with Crippen molar-refractivity contribution in [1.82, 2.24) is 9.29 Å². The van der Waals surface area contributed by atoms with Crippen LogP contribution in [0.4, 0.5) is 5.69 Å². The van der Waals surface area contributed by atoms with E-state index >= 15 is 0 Å². The first-order valence-corrected chi connectivity index (χ1v) is 13.9. The number of allylic oxidation sites excluding steroid dienone is 1. The van der Waals surface area contributed by atoms with Crippen LogP contribution in [0.1, 0.15) is 38.8 Å². The highest BCUT2D eigenvalue weighted by Crippen LogP contribution is 2.29. The number of anilines is 1. The topological polar surface area (TPSA) is 87.4 Å². The summed E-state index contributed by atoms with van der Waals surface area (Å²) < 4.78 is 34.4. The molecule has 1 heterocycles. The number of fused-ring (bicyclic) bond motifs is 1. The molecule has 192 valence electrons. The van der Waals surface area contributed by atoms with Gasteiger partial charge in [-0.3, -0.25) is 0 Å². The van der Waals surface area contributed by atoms with Crippen LogP contribution in [-0.4, -0.2) is 46.3 Å². The number of nitrogens with one attached hydrogen (secondary N) is 1. The molecule has 0 amide bonds. The van der Waals surface area contributed by atoms with E-state index in [-0.39, 0.29) is 11.4 Å². The number of hydrogen-bond donors (Lipinski definition) is 1. The number of nitriles is 1. The minimum absolute atomic E-state index is 0.209. The number of hydrogen-bond acceptors (Lipinski definition) is 5. The van der Waals surface area contributed by atoms with Crippen LogP contribution in [0.3, 0.4) is 0 Å². The van der Waals surface area contributed by atoms with Gasteiger partial charge in [0.1, 0.15) is 6.07 Å². The smallest absolute Gasteiger partial charge is 0.250 e. The lowest BCUT2D eigenvalue weighted by Gasteiger charge is -2.24. The van der Waals surface area contributed by atoms with Gasteiger partial charge >= 0.3 is 0 Å². The molecule has 0 fully saturated rings. The summed E-state index contributed by atoms with van der Waals surface area (Å²) in [6.45, 7) is 7.14. The van der Waals surface area contributed by atoms with E-state index in [1.165, 1.54) is 17.1 Å². The van der Waals surface area contributed by atoms with E-state index in [0.717, 1.165) is 42.6 Å². The van der Waals surface area contributed by atoms with E-state index in [0.29, 0.717) is 18.7 Å². The summed E-state index contributed by atoms with van der Waals surface area (Å²) in [6.07, 6.45) is 4.16. The first-order valence-electron chi connectivity index (χ1n) is 12.4. The molecule has 3 aromatic rings. The average molecular weight is 509 g/mol. The molecule has 0 radical (unpaired) electrons. The Kier molecular flexibility index (Phi) is 9.71. The number of ether oxygens (including phenoxy) is 1. The van der Waals surface area contributed by atoms with Crippen molar-refractivity contribution >= 4 is 32.6 Å². The van der Waals surface area contributed by atoms with Crippen LogP contribution in [0.15, 0.2) is 53.4 Å². The Balaban J connectivity index is 1.88. The van der Waals surface area contributed by atoms with E-state index in [4.69, 9.17) is 4.74 Å². The van der Waals surface area contributed by atoms with Gasteiger partial charge in [0.2, 0.25) is 0 Å². The first-order chi connectivity index (χ1) is 17.3. The maximum Gasteiger partial charge on any atom is 0.250 e. The van der Waals surface area contributed by atoms with Crippen LogP contribution < -0.4 is 9.62 Å². The lowest BCUT2D eigenvalue weighted by atomic mass is 10.0. The summed E-state index contributed by atoms with van der Waals surface area (Å²) in [5, 5.41) is 11.8. The summed E-state index contributed by atoms with van der Waals surface area (Å²) in [5.74, 6) is 0. The predicted molar refractivity (Wildman–Crippen MR) is 148 cm³/mol. The van der Waals surface area contributed by atoms with Gasteiger partial charge in [-0.25, -0.2) is 13.1 Å². The minimum atomic E-state index is -3.89. The molecule has 0 aliphatic rings. The molecule has 2 aromatic carbocycles. The lowest BCUT2D eigenvalue weighted by Crippen LogP contribution is -2.26. The van der Waals surface area contributed by atoms with Crippen LogP contribution in [0.2, 0.25) is 0 Å². The number of benzene rings is 2. The number of sulfonamides is 1. The van der Waals surface area contributed by atoms with Gasteiger partial charge in [-0.15, -0.1) is 0 Å². The second kappa shape index (κ2) is 12.7. The fourth-order valence-corrected chi connectivity index (χ4v) is 5.23. The maximum absolute atomic E-state index is 12.6. The summed E-state index contributed by atoms with van der Waals surface area (Å²) in [4.78, 5) is 2.11. The Bertz CT molecular complexity index is 1350. The second-order valence-electron chi connectivity index (χ2n) is 8.80. The second-order valence-corrected chi connectivity index (χ2v) is 10.5. The predicted octanol–water partition coefficient (Wildman–Crippen LogP) is 5.29. The molecule has 0 aliphatic heterocycles. The molecule has 1 aromatic heterocycles. The van der Waals surface area contributed by atoms with Gasteiger partial charge in [-0.05, 0) is 72.0 Å². The minimum Gasteiger partial charge on any atom is -0.385 e. The van der Waals surface area contributed by atoms with Gasteiger partial charge in [0.25, 0.3) is 10.0 Å². The molecular formula is C28H36N4O3S. The Hall–Kier alpha value is -3.12. The number of aromatic nitrogens is 1. The van der Waals surface area contributed by atoms with Crippen molar-refractivity contribution in [1.29, 1.82) is 5.26 Å². The van der Waals surface area contributed by atoms with E-state index in [1.54, 1.807) is 7.11 Å². The van der Waals surface area contributed by atoms with E-state index in [2.05, 4.69) is 59.9 Å². The van der Waals surface area contributed by atoms with Gasteiger partial charge in [0.15, 0.2) is 4.91 Å². The molecule has 8 heteroatoms. The third-order valence-electron chi connectivity index (χ3n) is 6.13. The van der Waals surface area contributed by atoms with Crippen LogP contribution in [0, 0.1) is 11.3 Å². The van der Waals surface area contributed by atoms with Crippen molar-refractivity contribution in [2.45, 2.75) is 33.1 Å². The molecule has 7 nitrogen and oxygen atoms in total. The molecule has 0 spiro atoms. The fourth-order valence-electron chi connectivity index (χ4n) is 4.27. The van der Waals surface area contributed by atoms with Gasteiger partial charge in [-0.2, -0.15) is 5.26 Å². The third kappa shape index (κ3) is 6.55. The Morgan fingerprint density at radius 3 is 2.44 bits per heavy atom. The van der Waals surface area contributed by atoms with E-state index in [9.17, 15) is 13.7 Å². The number of rotatable bonds is 13. The highest BCUT2D eigenvalue weighted by Gasteiger charge is 2.18.